The van der Waals surface area contributed by atoms with Crippen LogP contribution in [-0.2, 0) is 4.79 Å². The van der Waals surface area contributed by atoms with Crippen molar-refractivity contribution in [2.24, 2.45) is 5.92 Å². The molecule has 1 amide bonds. The van der Waals surface area contributed by atoms with Crippen molar-refractivity contribution < 1.29 is 9.53 Å². The molecule has 0 unspecified atom stereocenters. The average molecular weight is 384 g/mol. The lowest BCUT2D eigenvalue weighted by atomic mass is 10.1. The third-order valence-corrected chi connectivity index (χ3v) is 5.08. The van der Waals surface area contributed by atoms with E-state index in [-0.39, 0.29) is 5.91 Å². The van der Waals surface area contributed by atoms with Gasteiger partial charge in [-0.15, -0.1) is 5.10 Å². The number of carbonyl (C=O) groups is 1. The Bertz CT molecular complexity index is 943. The van der Waals surface area contributed by atoms with Crippen LogP contribution in [0.4, 0.5) is 5.69 Å². The van der Waals surface area contributed by atoms with E-state index < -0.39 is 0 Å². The Morgan fingerprint density at radius 1 is 1.30 bits per heavy atom. The molecule has 7 nitrogen and oxygen atoms in total. The molecule has 1 saturated carbocycles. The maximum Gasteiger partial charge on any atom is 0.224 e. The topological polar surface area (TPSA) is 81.9 Å². The molecule has 1 aliphatic carbocycles. The fourth-order valence-corrected chi connectivity index (χ4v) is 3.37. The molecule has 0 aliphatic heterocycles. The number of methoxy groups -OCH3 is 1. The summed E-state index contributed by atoms with van der Waals surface area (Å²) in [5, 5.41) is 14.4. The number of tetrazole rings is 1. The van der Waals surface area contributed by atoms with Gasteiger partial charge in [0, 0.05) is 6.42 Å². The number of rotatable bonds is 6. The van der Waals surface area contributed by atoms with E-state index in [0.29, 0.717) is 29.0 Å². The molecule has 1 heterocycles. The molecule has 27 heavy (non-hydrogen) atoms. The largest absolute Gasteiger partial charge is 0.497 e. The number of halogens is 1. The summed E-state index contributed by atoms with van der Waals surface area (Å²) in [7, 11) is 1.65. The summed E-state index contributed by atoms with van der Waals surface area (Å²) >= 11 is 6.22. The highest BCUT2D eigenvalue weighted by Crippen LogP contribution is 2.49. The van der Waals surface area contributed by atoms with E-state index >= 15 is 0 Å². The minimum absolute atomic E-state index is 0.0493. The van der Waals surface area contributed by atoms with Gasteiger partial charge in [-0.25, -0.2) is 4.68 Å². The van der Waals surface area contributed by atoms with Gasteiger partial charge in [0.05, 0.1) is 23.5 Å². The maximum absolute atomic E-state index is 12.5. The molecule has 138 valence electrons. The van der Waals surface area contributed by atoms with Crippen molar-refractivity contribution in [3.05, 3.63) is 59.4 Å². The Balaban J connectivity index is 1.38. The molecule has 1 aliphatic rings. The fourth-order valence-electron chi connectivity index (χ4n) is 3.20. The van der Waals surface area contributed by atoms with Gasteiger partial charge in [0.1, 0.15) is 12.1 Å². The zero-order chi connectivity index (χ0) is 18.8. The highest BCUT2D eigenvalue weighted by molar-refractivity contribution is 6.33. The summed E-state index contributed by atoms with van der Waals surface area (Å²) in [6.45, 7) is 0. The van der Waals surface area contributed by atoms with Gasteiger partial charge in [0.25, 0.3) is 0 Å². The molecule has 0 radical (unpaired) electrons. The van der Waals surface area contributed by atoms with E-state index in [1.165, 1.54) is 16.6 Å². The second-order valence-electron chi connectivity index (χ2n) is 6.55. The summed E-state index contributed by atoms with van der Waals surface area (Å²) in [5.41, 5.74) is 2.52. The number of benzene rings is 2. The molecule has 2 atom stereocenters. The van der Waals surface area contributed by atoms with Crippen LogP contribution in [0, 0.1) is 5.92 Å². The molecule has 8 heteroatoms. The van der Waals surface area contributed by atoms with Gasteiger partial charge in [-0.1, -0.05) is 23.7 Å². The molecule has 0 bridgehead atoms. The number of ether oxygens (including phenoxy) is 1. The number of anilines is 1. The van der Waals surface area contributed by atoms with E-state index in [1.807, 2.05) is 12.1 Å². The van der Waals surface area contributed by atoms with E-state index in [4.69, 9.17) is 16.3 Å². The van der Waals surface area contributed by atoms with Crippen LogP contribution in [0.25, 0.3) is 5.69 Å². The highest BCUT2D eigenvalue weighted by Gasteiger charge is 2.39. The van der Waals surface area contributed by atoms with Gasteiger partial charge in [-0.3, -0.25) is 4.79 Å². The van der Waals surface area contributed by atoms with Gasteiger partial charge in [-0.05, 0) is 64.6 Å². The first-order chi connectivity index (χ1) is 13.1. The van der Waals surface area contributed by atoms with E-state index in [1.54, 1.807) is 25.3 Å². The smallest absolute Gasteiger partial charge is 0.224 e. The Labute approximate surface area is 161 Å². The van der Waals surface area contributed by atoms with Crippen molar-refractivity contribution >= 4 is 23.2 Å². The second-order valence-corrected chi connectivity index (χ2v) is 6.95. The molecule has 1 N–H and O–H groups in total. The van der Waals surface area contributed by atoms with Crippen LogP contribution in [0.5, 0.6) is 5.75 Å². The fraction of sp³-hybridized carbons (Fsp3) is 0.263. The molecule has 1 fully saturated rings. The second kappa shape index (κ2) is 7.36. The first-order valence-electron chi connectivity index (χ1n) is 8.61. The molecule has 0 saturated heterocycles. The van der Waals surface area contributed by atoms with Crippen molar-refractivity contribution in [3.8, 4) is 11.4 Å². The van der Waals surface area contributed by atoms with Crippen molar-refractivity contribution in [2.45, 2.75) is 18.8 Å². The van der Waals surface area contributed by atoms with Crippen LogP contribution < -0.4 is 10.1 Å². The molecular weight excluding hydrogens is 366 g/mol. The summed E-state index contributed by atoms with van der Waals surface area (Å²) in [6.07, 6.45) is 2.96. The van der Waals surface area contributed by atoms with Gasteiger partial charge < -0.3 is 10.1 Å². The van der Waals surface area contributed by atoms with Crippen LogP contribution in [-0.4, -0.2) is 33.2 Å². The lowest BCUT2D eigenvalue weighted by Crippen LogP contribution is -2.13. The van der Waals surface area contributed by atoms with Crippen molar-refractivity contribution in [1.29, 1.82) is 0 Å². The first kappa shape index (κ1) is 17.5. The number of hydrogen-bond donors (Lipinski definition) is 1. The molecule has 4 rings (SSSR count). The monoisotopic (exact) mass is 383 g/mol. The van der Waals surface area contributed by atoms with Crippen LogP contribution in [0.2, 0.25) is 5.02 Å². The Hall–Kier alpha value is -2.93. The minimum Gasteiger partial charge on any atom is -0.497 e. The van der Waals surface area contributed by atoms with Gasteiger partial charge in [-0.2, -0.15) is 0 Å². The van der Waals surface area contributed by atoms with Crippen LogP contribution >= 0.6 is 11.6 Å². The van der Waals surface area contributed by atoms with Gasteiger partial charge in [0.15, 0.2) is 0 Å². The minimum atomic E-state index is -0.0493. The highest BCUT2D eigenvalue weighted by atomic mass is 35.5. The van der Waals surface area contributed by atoms with E-state index in [9.17, 15) is 4.79 Å². The third kappa shape index (κ3) is 3.93. The van der Waals surface area contributed by atoms with Gasteiger partial charge in [0.2, 0.25) is 5.91 Å². The standard InChI is InChI=1S/C19H18ClN5O2/c1-27-15-5-2-12(3-6-15)16-8-13(16)9-19(26)22-18-10-14(4-7-17(18)20)25-11-21-23-24-25/h2-7,10-11,13,16H,8-9H2,1H3,(H,22,26)/t13-,16-/m0/s1. The number of amides is 1. The number of hydrogen-bond acceptors (Lipinski definition) is 5. The maximum atomic E-state index is 12.5. The van der Waals surface area contributed by atoms with Gasteiger partial charge >= 0.3 is 0 Å². The summed E-state index contributed by atoms with van der Waals surface area (Å²) < 4.78 is 6.69. The zero-order valence-corrected chi connectivity index (χ0v) is 15.4. The molecular formula is C19H18ClN5O2. The lowest BCUT2D eigenvalue weighted by Gasteiger charge is -2.09. The van der Waals surface area contributed by atoms with E-state index in [0.717, 1.165) is 17.9 Å². The summed E-state index contributed by atoms with van der Waals surface area (Å²) in [6, 6.07) is 13.3. The molecule has 2 aromatic carbocycles. The number of aromatic nitrogens is 4. The summed E-state index contributed by atoms with van der Waals surface area (Å²) in [5.74, 6) is 1.56. The summed E-state index contributed by atoms with van der Waals surface area (Å²) in [4.78, 5) is 12.5. The van der Waals surface area contributed by atoms with Crippen molar-refractivity contribution in [1.82, 2.24) is 20.2 Å². The molecule has 1 aromatic heterocycles. The predicted molar refractivity (Wildman–Crippen MR) is 101 cm³/mol. The number of carbonyl (C=O) groups excluding carboxylic acids is 1. The number of nitrogens with zero attached hydrogens (tertiary/aromatic N) is 4. The Morgan fingerprint density at radius 2 is 2.11 bits per heavy atom. The molecule has 3 aromatic rings. The Kier molecular flexibility index (Phi) is 4.77. The van der Waals surface area contributed by atoms with Crippen LogP contribution in [0.3, 0.4) is 0 Å². The molecule has 0 spiro atoms. The third-order valence-electron chi connectivity index (χ3n) is 4.75. The van der Waals surface area contributed by atoms with Crippen molar-refractivity contribution in [3.63, 3.8) is 0 Å². The predicted octanol–water partition coefficient (Wildman–Crippen LogP) is 3.46. The average Bonchev–Trinajstić information content (AvgIpc) is 3.21. The zero-order valence-electron chi connectivity index (χ0n) is 14.7. The SMILES string of the molecule is COc1ccc([C@@H]2C[C@H]2CC(=O)Nc2cc(-n3cnnn3)ccc2Cl)cc1. The normalized spacial score (nSPS) is 18.1. The van der Waals surface area contributed by atoms with Crippen LogP contribution in [0.15, 0.2) is 48.8 Å². The van der Waals surface area contributed by atoms with Crippen molar-refractivity contribution in [2.75, 3.05) is 12.4 Å². The van der Waals surface area contributed by atoms with E-state index in [2.05, 4.69) is 33.0 Å². The quantitative estimate of drug-likeness (QED) is 0.704. The number of nitrogens with one attached hydrogen (secondary N) is 1. The lowest BCUT2D eigenvalue weighted by molar-refractivity contribution is -0.116. The first-order valence-corrected chi connectivity index (χ1v) is 8.98. The Morgan fingerprint density at radius 3 is 2.81 bits per heavy atom. The van der Waals surface area contributed by atoms with Crippen LogP contribution in [0.1, 0.15) is 24.3 Å².